The van der Waals surface area contributed by atoms with Crippen LogP contribution >= 0.6 is 0 Å². The predicted molar refractivity (Wildman–Crippen MR) is 68.8 cm³/mol. The molecule has 1 N–H and O–H groups in total. The molecule has 1 aliphatic rings. The summed E-state index contributed by atoms with van der Waals surface area (Å²) in [6.45, 7) is 13.2. The number of rotatable bonds is 6. The smallest absolute Gasteiger partial charge is 0.0700 e. The van der Waals surface area contributed by atoms with Gasteiger partial charge in [-0.25, -0.2) is 0 Å². The van der Waals surface area contributed by atoms with E-state index in [4.69, 9.17) is 4.74 Å². The average Bonchev–Trinajstić information content (AvgIpc) is 2.35. The highest BCUT2D eigenvalue weighted by Crippen LogP contribution is 2.13. The van der Waals surface area contributed by atoms with Crippen molar-refractivity contribution in [2.45, 2.75) is 58.7 Å². The van der Waals surface area contributed by atoms with Crippen molar-refractivity contribution >= 4 is 0 Å². The minimum atomic E-state index is 0.439. The monoisotopic (exact) mass is 228 g/mol. The lowest BCUT2D eigenvalue weighted by atomic mass is 10.1. The highest BCUT2D eigenvalue weighted by atomic mass is 16.5. The van der Waals surface area contributed by atoms with Crippen LogP contribution in [-0.2, 0) is 4.74 Å². The van der Waals surface area contributed by atoms with Gasteiger partial charge in [0.1, 0.15) is 0 Å². The van der Waals surface area contributed by atoms with E-state index >= 15 is 0 Å². The van der Waals surface area contributed by atoms with E-state index in [2.05, 4.69) is 37.9 Å². The van der Waals surface area contributed by atoms with Crippen molar-refractivity contribution in [3.8, 4) is 0 Å². The minimum absolute atomic E-state index is 0.439. The molecule has 0 aliphatic carbocycles. The second kappa shape index (κ2) is 7.25. The van der Waals surface area contributed by atoms with E-state index in [0.29, 0.717) is 18.2 Å². The van der Waals surface area contributed by atoms with Gasteiger partial charge in [-0.2, -0.15) is 0 Å². The van der Waals surface area contributed by atoms with E-state index in [-0.39, 0.29) is 0 Å². The first-order valence-electron chi connectivity index (χ1n) is 6.78. The van der Waals surface area contributed by atoms with Crippen LogP contribution in [0.25, 0.3) is 0 Å². The molecular formula is C13H28N2O. The first-order chi connectivity index (χ1) is 7.69. The van der Waals surface area contributed by atoms with Gasteiger partial charge in [0, 0.05) is 25.2 Å². The predicted octanol–water partition coefficient (Wildman–Crippen LogP) is 1.87. The molecule has 3 nitrogen and oxygen atoms in total. The molecule has 3 unspecified atom stereocenters. The minimum Gasteiger partial charge on any atom is -0.376 e. The molecule has 3 heteroatoms. The molecule has 0 amide bonds. The summed E-state index contributed by atoms with van der Waals surface area (Å²) in [5, 5.41) is 3.58. The number of nitrogens with one attached hydrogen (secondary N) is 1. The second-order valence-electron chi connectivity index (χ2n) is 4.88. The summed E-state index contributed by atoms with van der Waals surface area (Å²) in [5.41, 5.74) is 0. The Balaban J connectivity index is 2.36. The first kappa shape index (κ1) is 13.9. The third kappa shape index (κ3) is 4.04. The maximum Gasteiger partial charge on any atom is 0.0700 e. The van der Waals surface area contributed by atoms with Crippen molar-refractivity contribution in [2.24, 2.45) is 0 Å². The van der Waals surface area contributed by atoms with Crippen LogP contribution in [0, 0.1) is 0 Å². The maximum absolute atomic E-state index is 5.71. The Morgan fingerprint density at radius 1 is 1.38 bits per heavy atom. The zero-order valence-electron chi connectivity index (χ0n) is 11.3. The Morgan fingerprint density at radius 2 is 2.12 bits per heavy atom. The number of morpholine rings is 1. The van der Waals surface area contributed by atoms with Gasteiger partial charge in [0.25, 0.3) is 0 Å². The SMILES string of the molecule is CCCNC(C)C(C)N1CCOC(CC)C1. The topological polar surface area (TPSA) is 24.5 Å². The van der Waals surface area contributed by atoms with E-state index in [1.807, 2.05) is 0 Å². The Bertz CT molecular complexity index is 187. The Kier molecular flexibility index (Phi) is 6.32. The lowest BCUT2D eigenvalue weighted by molar-refractivity contribution is -0.0458. The molecule has 16 heavy (non-hydrogen) atoms. The lowest BCUT2D eigenvalue weighted by Gasteiger charge is -2.39. The number of hydrogen-bond acceptors (Lipinski definition) is 3. The summed E-state index contributed by atoms with van der Waals surface area (Å²) in [6.07, 6.45) is 2.77. The quantitative estimate of drug-likeness (QED) is 0.751. The average molecular weight is 228 g/mol. The summed E-state index contributed by atoms with van der Waals surface area (Å²) < 4.78 is 5.71. The fraction of sp³-hybridized carbons (Fsp3) is 1.00. The van der Waals surface area contributed by atoms with E-state index in [9.17, 15) is 0 Å². The molecule has 0 aromatic rings. The summed E-state index contributed by atoms with van der Waals surface area (Å²) >= 11 is 0. The van der Waals surface area contributed by atoms with Crippen molar-refractivity contribution in [3.63, 3.8) is 0 Å². The van der Waals surface area contributed by atoms with E-state index < -0.39 is 0 Å². The van der Waals surface area contributed by atoms with Gasteiger partial charge >= 0.3 is 0 Å². The van der Waals surface area contributed by atoms with Crippen LogP contribution in [0.5, 0.6) is 0 Å². The molecule has 0 saturated carbocycles. The van der Waals surface area contributed by atoms with Gasteiger partial charge in [0.05, 0.1) is 12.7 Å². The fourth-order valence-electron chi connectivity index (χ4n) is 2.22. The molecule has 1 aliphatic heterocycles. The second-order valence-corrected chi connectivity index (χ2v) is 4.88. The summed E-state index contributed by atoms with van der Waals surface area (Å²) in [7, 11) is 0. The van der Waals surface area contributed by atoms with Crippen molar-refractivity contribution in [1.82, 2.24) is 10.2 Å². The van der Waals surface area contributed by atoms with Crippen molar-refractivity contribution in [2.75, 3.05) is 26.2 Å². The molecule has 1 heterocycles. The third-order valence-corrected chi connectivity index (χ3v) is 3.64. The summed E-state index contributed by atoms with van der Waals surface area (Å²) in [4.78, 5) is 2.56. The zero-order valence-corrected chi connectivity index (χ0v) is 11.3. The maximum atomic E-state index is 5.71. The molecule has 1 saturated heterocycles. The van der Waals surface area contributed by atoms with Crippen molar-refractivity contribution in [1.29, 1.82) is 0 Å². The lowest BCUT2D eigenvalue weighted by Crippen LogP contribution is -2.53. The summed E-state index contributed by atoms with van der Waals surface area (Å²) in [5.74, 6) is 0. The highest BCUT2D eigenvalue weighted by molar-refractivity contribution is 4.81. The van der Waals surface area contributed by atoms with Crippen LogP contribution < -0.4 is 5.32 Å². The van der Waals surface area contributed by atoms with Crippen LogP contribution in [-0.4, -0.2) is 49.3 Å². The standard InChI is InChI=1S/C13H28N2O/c1-5-7-14-11(3)12(4)15-8-9-16-13(6-2)10-15/h11-14H,5-10H2,1-4H3. The van der Waals surface area contributed by atoms with E-state index in [1.165, 1.54) is 6.42 Å². The molecule has 0 bridgehead atoms. The molecule has 96 valence electrons. The number of nitrogens with zero attached hydrogens (tertiary/aromatic N) is 1. The Morgan fingerprint density at radius 3 is 2.75 bits per heavy atom. The Labute approximate surface area is 101 Å². The number of hydrogen-bond donors (Lipinski definition) is 1. The molecule has 0 spiro atoms. The van der Waals surface area contributed by atoms with Crippen molar-refractivity contribution < 1.29 is 4.74 Å². The largest absolute Gasteiger partial charge is 0.376 e. The Hall–Kier alpha value is -0.120. The molecular weight excluding hydrogens is 200 g/mol. The molecule has 0 aromatic heterocycles. The third-order valence-electron chi connectivity index (χ3n) is 3.64. The van der Waals surface area contributed by atoms with Gasteiger partial charge < -0.3 is 10.1 Å². The van der Waals surface area contributed by atoms with Gasteiger partial charge in [-0.1, -0.05) is 13.8 Å². The van der Waals surface area contributed by atoms with Crippen LogP contribution in [0.2, 0.25) is 0 Å². The molecule has 0 radical (unpaired) electrons. The van der Waals surface area contributed by atoms with Crippen LogP contribution in [0.15, 0.2) is 0 Å². The normalized spacial score (nSPS) is 26.6. The number of ether oxygens (including phenoxy) is 1. The van der Waals surface area contributed by atoms with Gasteiger partial charge in [-0.15, -0.1) is 0 Å². The van der Waals surface area contributed by atoms with Gasteiger partial charge in [-0.3, -0.25) is 4.90 Å². The van der Waals surface area contributed by atoms with E-state index in [1.54, 1.807) is 0 Å². The summed E-state index contributed by atoms with van der Waals surface area (Å²) in [6, 6.07) is 1.17. The van der Waals surface area contributed by atoms with Crippen LogP contribution in [0.3, 0.4) is 0 Å². The zero-order chi connectivity index (χ0) is 12.0. The molecule has 0 aromatic carbocycles. The van der Waals surface area contributed by atoms with Gasteiger partial charge in [-0.05, 0) is 33.2 Å². The molecule has 3 atom stereocenters. The van der Waals surface area contributed by atoms with Crippen LogP contribution in [0.4, 0.5) is 0 Å². The fourth-order valence-corrected chi connectivity index (χ4v) is 2.22. The van der Waals surface area contributed by atoms with Crippen molar-refractivity contribution in [3.05, 3.63) is 0 Å². The van der Waals surface area contributed by atoms with Gasteiger partial charge in [0.2, 0.25) is 0 Å². The van der Waals surface area contributed by atoms with Crippen LogP contribution in [0.1, 0.15) is 40.5 Å². The molecule has 1 rings (SSSR count). The highest BCUT2D eigenvalue weighted by Gasteiger charge is 2.25. The molecule has 1 fully saturated rings. The van der Waals surface area contributed by atoms with Gasteiger partial charge in [0.15, 0.2) is 0 Å². The first-order valence-corrected chi connectivity index (χ1v) is 6.78. The van der Waals surface area contributed by atoms with E-state index in [0.717, 1.165) is 32.7 Å².